The second-order valence-corrected chi connectivity index (χ2v) is 5.71. The number of hydrogen-bond acceptors (Lipinski definition) is 3. The van der Waals surface area contributed by atoms with Crippen LogP contribution >= 0.6 is 0 Å². The normalized spacial score (nSPS) is 18.2. The molecule has 106 valence electrons. The largest absolute Gasteiger partial charge is 0.508 e. The lowest BCUT2D eigenvalue weighted by Gasteiger charge is -2.32. The SMILES string of the molecule is O=C(O)C1(Cc2nc3ccc(O)cc3[nH]2)CCCCC1. The number of phenolic OH excluding ortho intramolecular Hbond substituents is 1. The third-order valence-corrected chi connectivity index (χ3v) is 4.28. The fourth-order valence-corrected chi connectivity index (χ4v) is 3.15. The van der Waals surface area contributed by atoms with Crippen LogP contribution in [0.25, 0.3) is 11.0 Å². The van der Waals surface area contributed by atoms with Crippen LogP contribution in [0.15, 0.2) is 18.2 Å². The molecule has 0 aliphatic heterocycles. The predicted molar refractivity (Wildman–Crippen MR) is 74.6 cm³/mol. The summed E-state index contributed by atoms with van der Waals surface area (Å²) in [5, 5.41) is 19.0. The number of aromatic hydroxyl groups is 1. The molecule has 0 unspecified atom stereocenters. The van der Waals surface area contributed by atoms with E-state index in [1.165, 1.54) is 0 Å². The number of H-pyrrole nitrogens is 1. The number of aromatic amines is 1. The Morgan fingerprint density at radius 2 is 2.05 bits per heavy atom. The summed E-state index contributed by atoms with van der Waals surface area (Å²) in [5.74, 6) is 0.147. The molecule has 0 radical (unpaired) electrons. The summed E-state index contributed by atoms with van der Waals surface area (Å²) in [7, 11) is 0. The first kappa shape index (κ1) is 13.0. The maximum atomic E-state index is 11.7. The molecule has 1 aromatic carbocycles. The van der Waals surface area contributed by atoms with Gasteiger partial charge >= 0.3 is 5.97 Å². The Hall–Kier alpha value is -2.04. The number of nitrogens with zero attached hydrogens (tertiary/aromatic N) is 1. The van der Waals surface area contributed by atoms with E-state index in [1.807, 2.05) is 0 Å². The summed E-state index contributed by atoms with van der Waals surface area (Å²) in [6, 6.07) is 4.93. The van der Waals surface area contributed by atoms with Crippen molar-refractivity contribution in [3.8, 4) is 5.75 Å². The van der Waals surface area contributed by atoms with Crippen molar-refractivity contribution in [2.24, 2.45) is 5.41 Å². The maximum absolute atomic E-state index is 11.7. The van der Waals surface area contributed by atoms with Gasteiger partial charge in [0.25, 0.3) is 0 Å². The first-order chi connectivity index (χ1) is 9.59. The van der Waals surface area contributed by atoms with Crippen molar-refractivity contribution in [2.75, 3.05) is 0 Å². The Balaban J connectivity index is 1.92. The van der Waals surface area contributed by atoms with Crippen LogP contribution in [-0.2, 0) is 11.2 Å². The van der Waals surface area contributed by atoms with Gasteiger partial charge in [-0.25, -0.2) is 4.98 Å². The average molecular weight is 274 g/mol. The summed E-state index contributed by atoms with van der Waals surface area (Å²) in [6.45, 7) is 0. The van der Waals surface area contributed by atoms with Crippen molar-refractivity contribution >= 4 is 17.0 Å². The molecule has 3 N–H and O–H groups in total. The maximum Gasteiger partial charge on any atom is 0.310 e. The van der Waals surface area contributed by atoms with Crippen LogP contribution in [0.5, 0.6) is 5.75 Å². The number of fused-ring (bicyclic) bond motifs is 1. The highest BCUT2D eigenvalue weighted by Gasteiger charge is 2.40. The molecule has 0 spiro atoms. The zero-order valence-corrected chi connectivity index (χ0v) is 11.2. The molecule has 5 nitrogen and oxygen atoms in total. The minimum absolute atomic E-state index is 0.179. The van der Waals surface area contributed by atoms with Gasteiger partial charge in [0.1, 0.15) is 11.6 Å². The van der Waals surface area contributed by atoms with Gasteiger partial charge in [-0.05, 0) is 25.0 Å². The minimum atomic E-state index is -0.722. The smallest absolute Gasteiger partial charge is 0.310 e. The minimum Gasteiger partial charge on any atom is -0.508 e. The molecule has 5 heteroatoms. The molecule has 3 rings (SSSR count). The van der Waals surface area contributed by atoms with Gasteiger partial charge in [-0.15, -0.1) is 0 Å². The number of benzene rings is 1. The number of carboxylic acids is 1. The predicted octanol–water partition coefficient (Wildman–Crippen LogP) is 2.85. The van der Waals surface area contributed by atoms with Gasteiger partial charge in [0.15, 0.2) is 0 Å². The zero-order chi connectivity index (χ0) is 14.2. The molecule has 0 saturated heterocycles. The van der Waals surface area contributed by atoms with E-state index in [1.54, 1.807) is 18.2 Å². The van der Waals surface area contributed by atoms with Crippen LogP contribution in [0.1, 0.15) is 37.9 Å². The number of rotatable bonds is 3. The number of phenols is 1. The van der Waals surface area contributed by atoms with Gasteiger partial charge in [-0.3, -0.25) is 4.79 Å². The van der Waals surface area contributed by atoms with E-state index in [9.17, 15) is 15.0 Å². The Kier molecular flexibility index (Phi) is 3.12. The Bertz CT molecular complexity index is 642. The van der Waals surface area contributed by atoms with E-state index in [0.29, 0.717) is 25.1 Å². The molecule has 1 fully saturated rings. The van der Waals surface area contributed by atoms with Crippen LogP contribution in [0.2, 0.25) is 0 Å². The highest BCUT2D eigenvalue weighted by molar-refractivity contribution is 5.78. The first-order valence-electron chi connectivity index (χ1n) is 7.00. The molecule has 0 amide bonds. The Morgan fingerprint density at radius 3 is 2.75 bits per heavy atom. The van der Waals surface area contributed by atoms with Gasteiger partial charge in [0.05, 0.1) is 16.4 Å². The van der Waals surface area contributed by atoms with Crippen LogP contribution in [0.3, 0.4) is 0 Å². The molecule has 2 aromatic rings. The lowest BCUT2D eigenvalue weighted by molar-refractivity contribution is -0.151. The first-order valence-corrected chi connectivity index (χ1v) is 7.00. The molecule has 1 heterocycles. The quantitative estimate of drug-likeness (QED) is 0.803. The number of carbonyl (C=O) groups is 1. The van der Waals surface area contributed by atoms with Gasteiger partial charge in [0.2, 0.25) is 0 Å². The monoisotopic (exact) mass is 274 g/mol. The average Bonchev–Trinajstić information content (AvgIpc) is 2.80. The Labute approximate surface area is 116 Å². The summed E-state index contributed by atoms with van der Waals surface area (Å²) in [5.41, 5.74) is 0.819. The van der Waals surface area contributed by atoms with Gasteiger partial charge in [-0.1, -0.05) is 19.3 Å². The number of nitrogens with one attached hydrogen (secondary N) is 1. The van der Waals surface area contributed by atoms with Crippen LogP contribution in [-0.4, -0.2) is 26.2 Å². The number of carboxylic acid groups (broad SMARTS) is 1. The van der Waals surface area contributed by atoms with E-state index in [4.69, 9.17) is 0 Å². The Morgan fingerprint density at radius 1 is 1.30 bits per heavy atom. The van der Waals surface area contributed by atoms with Crippen LogP contribution in [0.4, 0.5) is 0 Å². The van der Waals surface area contributed by atoms with E-state index in [0.717, 1.165) is 30.3 Å². The molecule has 0 bridgehead atoms. The zero-order valence-electron chi connectivity index (χ0n) is 11.2. The second kappa shape index (κ2) is 4.81. The van der Waals surface area contributed by atoms with Crippen molar-refractivity contribution in [3.63, 3.8) is 0 Å². The molecule has 1 aliphatic rings. The summed E-state index contributed by atoms with van der Waals surface area (Å²) in [4.78, 5) is 19.2. The van der Waals surface area contributed by atoms with E-state index in [2.05, 4.69) is 9.97 Å². The molecule has 0 atom stereocenters. The third-order valence-electron chi connectivity index (χ3n) is 4.28. The van der Waals surface area contributed by atoms with Gasteiger partial charge < -0.3 is 15.2 Å². The fraction of sp³-hybridized carbons (Fsp3) is 0.467. The molecule has 1 aliphatic carbocycles. The number of imidazole rings is 1. The number of aromatic nitrogens is 2. The van der Waals surface area contributed by atoms with Crippen molar-refractivity contribution in [1.29, 1.82) is 0 Å². The van der Waals surface area contributed by atoms with E-state index < -0.39 is 11.4 Å². The second-order valence-electron chi connectivity index (χ2n) is 5.71. The number of aliphatic carboxylic acids is 1. The lowest BCUT2D eigenvalue weighted by atomic mass is 9.72. The molecular weight excluding hydrogens is 256 g/mol. The van der Waals surface area contributed by atoms with Crippen molar-refractivity contribution in [1.82, 2.24) is 9.97 Å². The van der Waals surface area contributed by atoms with Gasteiger partial charge in [0, 0.05) is 12.5 Å². The standard InChI is InChI=1S/C15H18N2O3/c18-10-4-5-11-12(8-10)17-13(16-11)9-15(14(19)20)6-2-1-3-7-15/h4-5,8,18H,1-3,6-7,9H2,(H,16,17)(H,19,20). The molecular formula is C15H18N2O3. The topological polar surface area (TPSA) is 86.2 Å². The van der Waals surface area contributed by atoms with Crippen molar-refractivity contribution < 1.29 is 15.0 Å². The third kappa shape index (κ3) is 2.24. The summed E-state index contributed by atoms with van der Waals surface area (Å²) < 4.78 is 0. The molecule has 1 aromatic heterocycles. The molecule has 20 heavy (non-hydrogen) atoms. The van der Waals surface area contributed by atoms with E-state index in [-0.39, 0.29) is 5.75 Å². The van der Waals surface area contributed by atoms with Crippen molar-refractivity contribution in [3.05, 3.63) is 24.0 Å². The summed E-state index contributed by atoms with van der Waals surface area (Å²) in [6.07, 6.45) is 4.90. The summed E-state index contributed by atoms with van der Waals surface area (Å²) >= 11 is 0. The number of hydrogen-bond donors (Lipinski definition) is 3. The highest BCUT2D eigenvalue weighted by Crippen LogP contribution is 2.39. The van der Waals surface area contributed by atoms with E-state index >= 15 is 0 Å². The fourth-order valence-electron chi connectivity index (χ4n) is 3.15. The van der Waals surface area contributed by atoms with Crippen LogP contribution in [0, 0.1) is 5.41 Å². The van der Waals surface area contributed by atoms with Crippen LogP contribution < -0.4 is 0 Å². The lowest BCUT2D eigenvalue weighted by Crippen LogP contribution is -2.35. The highest BCUT2D eigenvalue weighted by atomic mass is 16.4. The van der Waals surface area contributed by atoms with Crippen molar-refractivity contribution in [2.45, 2.75) is 38.5 Å². The molecule has 1 saturated carbocycles. The van der Waals surface area contributed by atoms with Gasteiger partial charge in [-0.2, -0.15) is 0 Å².